The second-order valence-electron chi connectivity index (χ2n) is 7.50. The summed E-state index contributed by atoms with van der Waals surface area (Å²) < 4.78 is 54.1. The molecule has 5 nitrogen and oxygen atoms in total. The Morgan fingerprint density at radius 3 is 2.73 bits per heavy atom. The van der Waals surface area contributed by atoms with Crippen LogP contribution in [0.5, 0.6) is 0 Å². The van der Waals surface area contributed by atoms with Crippen molar-refractivity contribution in [2.24, 2.45) is 5.92 Å². The molecule has 0 spiro atoms. The lowest BCUT2D eigenvalue weighted by molar-refractivity contribution is 0.239. The number of likely N-dealkylation sites (N-methyl/N-ethyl adjacent to an activating group) is 1. The van der Waals surface area contributed by atoms with Gasteiger partial charge in [0, 0.05) is 31.4 Å². The number of halogens is 2. The first kappa shape index (κ1) is 22.7. The van der Waals surface area contributed by atoms with E-state index in [1.54, 1.807) is 13.2 Å². The van der Waals surface area contributed by atoms with Crippen molar-refractivity contribution in [3.8, 4) is 0 Å². The number of nitrogens with zero attached hydrogens (tertiary/aromatic N) is 1. The summed E-state index contributed by atoms with van der Waals surface area (Å²) in [4.78, 5) is 4.69. The predicted octanol–water partition coefficient (Wildman–Crippen LogP) is 3.70. The molecule has 30 heavy (non-hydrogen) atoms. The molecule has 0 radical (unpaired) electrons. The van der Waals surface area contributed by atoms with Crippen molar-refractivity contribution >= 4 is 27.2 Å². The molecule has 1 fully saturated rings. The summed E-state index contributed by atoms with van der Waals surface area (Å²) in [6, 6.07) is 6.45. The first-order valence-corrected chi connectivity index (χ1v) is 11.8. The van der Waals surface area contributed by atoms with Gasteiger partial charge in [-0.3, -0.25) is 4.98 Å². The van der Waals surface area contributed by atoms with Crippen LogP contribution < -0.4 is 10.0 Å². The van der Waals surface area contributed by atoms with Gasteiger partial charge in [0.25, 0.3) is 0 Å². The summed E-state index contributed by atoms with van der Waals surface area (Å²) in [5.74, 6) is -2.17. The van der Waals surface area contributed by atoms with E-state index in [0.717, 1.165) is 48.4 Å². The van der Waals surface area contributed by atoms with Crippen molar-refractivity contribution in [1.82, 2.24) is 15.0 Å². The molecule has 1 aromatic heterocycles. The summed E-state index contributed by atoms with van der Waals surface area (Å²) in [6.07, 6.45) is 7.92. The fourth-order valence-electron chi connectivity index (χ4n) is 4.39. The van der Waals surface area contributed by atoms with E-state index in [2.05, 4.69) is 15.0 Å². The van der Waals surface area contributed by atoms with E-state index < -0.39 is 27.1 Å². The molecule has 0 unspecified atom stereocenters. The molecule has 1 saturated carbocycles. The van der Waals surface area contributed by atoms with Crippen LogP contribution in [0, 0.1) is 17.6 Å². The summed E-state index contributed by atoms with van der Waals surface area (Å²) in [7, 11) is -2.14. The highest BCUT2D eigenvalue weighted by Gasteiger charge is 2.45. The van der Waals surface area contributed by atoms with Gasteiger partial charge >= 0.3 is 0 Å². The van der Waals surface area contributed by atoms with Crippen molar-refractivity contribution in [1.29, 1.82) is 0 Å². The zero-order valence-corrected chi connectivity index (χ0v) is 18.3. The Labute approximate surface area is 181 Å². The fourth-order valence-corrected chi connectivity index (χ4v) is 5.84. The van der Waals surface area contributed by atoms with Gasteiger partial charge in [0.2, 0.25) is 10.0 Å². The molecule has 3 rings (SSSR count). The molecule has 162 valence electrons. The minimum absolute atomic E-state index is 0.114. The second-order valence-corrected chi connectivity index (χ2v) is 9.67. The van der Waals surface area contributed by atoms with E-state index in [4.69, 9.17) is 12.2 Å². The number of benzene rings is 1. The van der Waals surface area contributed by atoms with E-state index >= 15 is 0 Å². The van der Waals surface area contributed by atoms with Gasteiger partial charge in [-0.1, -0.05) is 31.1 Å². The maximum absolute atomic E-state index is 13.4. The van der Waals surface area contributed by atoms with Crippen molar-refractivity contribution in [2.75, 3.05) is 13.6 Å². The van der Waals surface area contributed by atoms with Crippen LogP contribution in [-0.2, 0) is 15.4 Å². The molecule has 1 aliphatic carbocycles. The Kier molecular flexibility index (Phi) is 7.15. The van der Waals surface area contributed by atoms with Crippen LogP contribution in [0.4, 0.5) is 8.78 Å². The average Bonchev–Trinajstić information content (AvgIpc) is 2.76. The number of hydrogen-bond donors (Lipinski definition) is 2. The van der Waals surface area contributed by atoms with E-state index in [1.807, 2.05) is 18.3 Å². The van der Waals surface area contributed by atoms with Gasteiger partial charge in [-0.05, 0) is 55.0 Å². The fraction of sp³-hybridized carbons (Fsp3) is 0.429. The predicted molar refractivity (Wildman–Crippen MR) is 116 cm³/mol. The molecule has 1 aromatic carbocycles. The third-order valence-corrected chi connectivity index (χ3v) is 7.89. The average molecular weight is 454 g/mol. The molecule has 1 heterocycles. The lowest BCUT2D eigenvalue weighted by atomic mass is 9.61. The van der Waals surface area contributed by atoms with Gasteiger partial charge in [0.15, 0.2) is 11.6 Å². The zero-order valence-electron chi connectivity index (χ0n) is 16.7. The Balaban J connectivity index is 1.80. The number of aromatic nitrogens is 1. The third-order valence-electron chi connectivity index (χ3n) is 5.87. The molecule has 2 atom stereocenters. The largest absolute Gasteiger partial charge is 0.382 e. The van der Waals surface area contributed by atoms with Crippen LogP contribution in [0.1, 0.15) is 37.7 Å². The van der Waals surface area contributed by atoms with Gasteiger partial charge in [0.05, 0.1) is 9.88 Å². The maximum Gasteiger partial charge on any atom is 0.240 e. The van der Waals surface area contributed by atoms with Gasteiger partial charge in [-0.2, -0.15) is 0 Å². The van der Waals surface area contributed by atoms with Crippen LogP contribution in [0.3, 0.4) is 0 Å². The molecule has 0 aliphatic heterocycles. The SMILES string of the molecule is CNC(=S)[C@]1(c2cccnc2)CCCC[C@H]1CCNS(=O)(=O)c1ccc(F)c(F)c1. The summed E-state index contributed by atoms with van der Waals surface area (Å²) in [5.41, 5.74) is 0.613. The number of thiocarbonyl (C=S) groups is 1. The topological polar surface area (TPSA) is 71.1 Å². The van der Waals surface area contributed by atoms with Gasteiger partial charge < -0.3 is 5.32 Å². The minimum atomic E-state index is -3.95. The summed E-state index contributed by atoms with van der Waals surface area (Å²) in [5, 5.41) is 3.14. The number of rotatable bonds is 7. The zero-order chi connectivity index (χ0) is 21.8. The number of sulfonamides is 1. The van der Waals surface area contributed by atoms with Gasteiger partial charge in [0.1, 0.15) is 0 Å². The van der Waals surface area contributed by atoms with Crippen LogP contribution in [0.15, 0.2) is 47.6 Å². The molecule has 2 N–H and O–H groups in total. The Hall–Kier alpha value is -1.97. The standard InChI is InChI=1S/C21H25F2N3O2S2/c1-24-20(29)21(16-6-4-11-25-14-16)10-3-2-5-15(21)9-12-26-30(27,28)17-7-8-18(22)19(23)13-17/h4,6-8,11,13-15,26H,2-3,5,9-10,12H2,1H3,(H,24,29)/t15-,21+/m0/s1. The lowest BCUT2D eigenvalue weighted by Crippen LogP contribution is -2.50. The lowest BCUT2D eigenvalue weighted by Gasteiger charge is -2.45. The Morgan fingerprint density at radius 1 is 1.27 bits per heavy atom. The van der Waals surface area contributed by atoms with E-state index in [0.29, 0.717) is 12.5 Å². The molecular formula is C21H25F2N3O2S2. The highest BCUT2D eigenvalue weighted by atomic mass is 32.2. The Bertz CT molecular complexity index is 1000. The number of nitrogens with one attached hydrogen (secondary N) is 2. The molecule has 0 amide bonds. The normalized spacial score (nSPS) is 21.9. The number of pyridine rings is 1. The van der Waals surface area contributed by atoms with Gasteiger partial charge in [-0.25, -0.2) is 21.9 Å². The maximum atomic E-state index is 13.4. The van der Waals surface area contributed by atoms with E-state index in [9.17, 15) is 17.2 Å². The third kappa shape index (κ3) is 4.53. The number of hydrogen-bond acceptors (Lipinski definition) is 4. The van der Waals surface area contributed by atoms with E-state index in [-0.39, 0.29) is 17.4 Å². The van der Waals surface area contributed by atoms with Crippen molar-refractivity contribution in [2.45, 2.75) is 42.4 Å². The van der Waals surface area contributed by atoms with Gasteiger partial charge in [-0.15, -0.1) is 0 Å². The highest BCUT2D eigenvalue weighted by Crippen LogP contribution is 2.46. The molecule has 1 aliphatic rings. The van der Waals surface area contributed by atoms with Crippen LogP contribution in [0.25, 0.3) is 0 Å². The summed E-state index contributed by atoms with van der Waals surface area (Å²) >= 11 is 5.72. The minimum Gasteiger partial charge on any atom is -0.382 e. The molecular weight excluding hydrogens is 428 g/mol. The smallest absolute Gasteiger partial charge is 0.240 e. The highest BCUT2D eigenvalue weighted by molar-refractivity contribution is 7.89. The molecule has 0 saturated heterocycles. The monoisotopic (exact) mass is 453 g/mol. The molecule has 2 aromatic rings. The Morgan fingerprint density at radius 2 is 2.07 bits per heavy atom. The molecule has 9 heteroatoms. The first-order chi connectivity index (χ1) is 14.3. The van der Waals surface area contributed by atoms with Crippen LogP contribution in [0.2, 0.25) is 0 Å². The van der Waals surface area contributed by atoms with Crippen molar-refractivity contribution in [3.63, 3.8) is 0 Å². The molecule has 0 bridgehead atoms. The first-order valence-electron chi connectivity index (χ1n) is 9.88. The van der Waals surface area contributed by atoms with Crippen molar-refractivity contribution < 1.29 is 17.2 Å². The van der Waals surface area contributed by atoms with E-state index in [1.165, 1.54) is 0 Å². The van der Waals surface area contributed by atoms with Crippen molar-refractivity contribution in [3.05, 3.63) is 59.9 Å². The quantitative estimate of drug-likeness (QED) is 0.626. The summed E-state index contributed by atoms with van der Waals surface area (Å²) in [6.45, 7) is 0.167. The van der Waals surface area contributed by atoms with Crippen LogP contribution in [-0.4, -0.2) is 32.0 Å². The van der Waals surface area contributed by atoms with Crippen LogP contribution >= 0.6 is 12.2 Å². The second kappa shape index (κ2) is 9.45.